The van der Waals surface area contributed by atoms with Crippen molar-refractivity contribution in [3.63, 3.8) is 0 Å². The third kappa shape index (κ3) is 2.55. The molecule has 0 radical (unpaired) electrons. The molecule has 1 atom stereocenters. The number of likely N-dealkylation sites (tertiary alicyclic amines) is 1. The van der Waals surface area contributed by atoms with Crippen LogP contribution in [0.2, 0.25) is 0 Å². The minimum absolute atomic E-state index is 0.258. The molecule has 3 rings (SSSR count). The lowest BCUT2D eigenvalue weighted by Gasteiger charge is -2.16. The zero-order valence-corrected chi connectivity index (χ0v) is 11.1. The Labute approximate surface area is 111 Å². The molecule has 1 aromatic heterocycles. The molecule has 1 fully saturated rings. The van der Waals surface area contributed by atoms with Crippen LogP contribution in [0.1, 0.15) is 17.5 Å². The summed E-state index contributed by atoms with van der Waals surface area (Å²) in [5.41, 5.74) is 8.43. The van der Waals surface area contributed by atoms with Crippen molar-refractivity contribution in [2.75, 3.05) is 13.1 Å². The molecule has 0 saturated carbocycles. The molecule has 100 valence electrons. The van der Waals surface area contributed by atoms with E-state index >= 15 is 0 Å². The molecule has 0 bridgehead atoms. The number of benzene rings is 1. The summed E-state index contributed by atoms with van der Waals surface area (Å²) in [5.74, 6) is 0. The minimum atomic E-state index is -0.281. The number of hydrogen-bond donors (Lipinski definition) is 1. The van der Waals surface area contributed by atoms with E-state index in [-0.39, 0.29) is 11.7 Å². The predicted molar refractivity (Wildman–Crippen MR) is 75.1 cm³/mol. The average molecular weight is 258 g/mol. The molecule has 1 saturated heterocycles. The van der Waals surface area contributed by atoms with Crippen LogP contribution in [0, 0.1) is 6.92 Å². The highest BCUT2D eigenvalue weighted by molar-refractivity contribution is 5.80. The van der Waals surface area contributed by atoms with Crippen LogP contribution in [0.5, 0.6) is 0 Å². The van der Waals surface area contributed by atoms with Crippen LogP contribution in [-0.2, 0) is 6.54 Å². The van der Waals surface area contributed by atoms with E-state index in [1.165, 1.54) is 0 Å². The SMILES string of the molecule is Cc1ccc2c(CN3CCC(N)C3)cc(=O)oc2c1. The second-order valence-electron chi connectivity index (χ2n) is 5.37. The van der Waals surface area contributed by atoms with E-state index in [1.807, 2.05) is 25.1 Å². The summed E-state index contributed by atoms with van der Waals surface area (Å²) in [7, 11) is 0. The van der Waals surface area contributed by atoms with Gasteiger partial charge in [-0.15, -0.1) is 0 Å². The molecule has 0 aliphatic carbocycles. The first-order valence-electron chi connectivity index (χ1n) is 6.63. The van der Waals surface area contributed by atoms with Crippen LogP contribution in [0.15, 0.2) is 33.5 Å². The van der Waals surface area contributed by atoms with Crippen LogP contribution in [0.25, 0.3) is 11.0 Å². The predicted octanol–water partition coefficient (Wildman–Crippen LogP) is 1.63. The van der Waals surface area contributed by atoms with Gasteiger partial charge in [-0.3, -0.25) is 4.90 Å². The van der Waals surface area contributed by atoms with Crippen molar-refractivity contribution in [2.24, 2.45) is 5.73 Å². The van der Waals surface area contributed by atoms with Crippen molar-refractivity contribution in [3.05, 3.63) is 45.8 Å². The van der Waals surface area contributed by atoms with Gasteiger partial charge in [-0.05, 0) is 30.5 Å². The summed E-state index contributed by atoms with van der Waals surface area (Å²) in [6, 6.07) is 7.84. The summed E-state index contributed by atoms with van der Waals surface area (Å²) in [6.45, 7) is 4.65. The van der Waals surface area contributed by atoms with E-state index in [0.29, 0.717) is 5.58 Å². The molecule has 2 N–H and O–H groups in total. The number of nitrogens with zero attached hydrogens (tertiary/aromatic N) is 1. The first kappa shape index (κ1) is 12.4. The molecule has 0 amide bonds. The molecule has 4 nitrogen and oxygen atoms in total. The Morgan fingerprint density at radius 3 is 3.00 bits per heavy atom. The van der Waals surface area contributed by atoms with Gasteiger partial charge in [0.2, 0.25) is 0 Å². The van der Waals surface area contributed by atoms with E-state index < -0.39 is 0 Å². The summed E-state index contributed by atoms with van der Waals surface area (Å²) in [5, 5.41) is 1.02. The van der Waals surface area contributed by atoms with Crippen LogP contribution in [0.4, 0.5) is 0 Å². The van der Waals surface area contributed by atoms with E-state index in [2.05, 4.69) is 4.90 Å². The number of nitrogens with two attached hydrogens (primary N) is 1. The van der Waals surface area contributed by atoms with Gasteiger partial charge >= 0.3 is 5.63 Å². The van der Waals surface area contributed by atoms with Gasteiger partial charge in [0.25, 0.3) is 0 Å². The van der Waals surface area contributed by atoms with Crippen LogP contribution >= 0.6 is 0 Å². The maximum atomic E-state index is 11.6. The monoisotopic (exact) mass is 258 g/mol. The minimum Gasteiger partial charge on any atom is -0.423 e. The number of aryl methyl sites for hydroxylation is 1. The number of rotatable bonds is 2. The van der Waals surface area contributed by atoms with E-state index in [1.54, 1.807) is 6.07 Å². The quantitative estimate of drug-likeness (QED) is 0.832. The lowest BCUT2D eigenvalue weighted by Crippen LogP contribution is -2.26. The van der Waals surface area contributed by atoms with Crippen LogP contribution < -0.4 is 11.4 Å². The molecular weight excluding hydrogens is 240 g/mol. The number of fused-ring (bicyclic) bond motifs is 1. The number of hydrogen-bond acceptors (Lipinski definition) is 4. The maximum Gasteiger partial charge on any atom is 0.336 e. The molecule has 2 heterocycles. The van der Waals surface area contributed by atoms with Crippen molar-refractivity contribution in [1.82, 2.24) is 4.90 Å². The van der Waals surface area contributed by atoms with Gasteiger partial charge in [0, 0.05) is 37.1 Å². The van der Waals surface area contributed by atoms with Gasteiger partial charge in [0.15, 0.2) is 0 Å². The van der Waals surface area contributed by atoms with Gasteiger partial charge in [-0.2, -0.15) is 0 Å². The molecule has 2 aromatic rings. The lowest BCUT2D eigenvalue weighted by molar-refractivity contribution is 0.327. The first-order chi connectivity index (χ1) is 9.11. The Bertz CT molecular complexity index is 663. The summed E-state index contributed by atoms with van der Waals surface area (Å²) in [4.78, 5) is 13.9. The van der Waals surface area contributed by atoms with Crippen LogP contribution in [-0.4, -0.2) is 24.0 Å². The van der Waals surface area contributed by atoms with Crippen molar-refractivity contribution in [2.45, 2.75) is 25.9 Å². The average Bonchev–Trinajstić information content (AvgIpc) is 2.74. The fraction of sp³-hybridized carbons (Fsp3) is 0.400. The molecule has 1 aliphatic heterocycles. The van der Waals surface area contributed by atoms with Gasteiger partial charge in [-0.1, -0.05) is 12.1 Å². The molecule has 4 heteroatoms. The zero-order chi connectivity index (χ0) is 13.4. The summed E-state index contributed by atoms with van der Waals surface area (Å²) >= 11 is 0. The van der Waals surface area contributed by atoms with Crippen molar-refractivity contribution >= 4 is 11.0 Å². The highest BCUT2D eigenvalue weighted by atomic mass is 16.4. The Morgan fingerprint density at radius 1 is 1.42 bits per heavy atom. The third-order valence-corrected chi connectivity index (χ3v) is 3.69. The second-order valence-corrected chi connectivity index (χ2v) is 5.37. The lowest BCUT2D eigenvalue weighted by atomic mass is 10.1. The highest BCUT2D eigenvalue weighted by Crippen LogP contribution is 2.21. The van der Waals surface area contributed by atoms with Crippen molar-refractivity contribution < 1.29 is 4.42 Å². The van der Waals surface area contributed by atoms with Gasteiger partial charge in [0.05, 0.1) is 0 Å². The molecule has 1 unspecified atom stereocenters. The summed E-state index contributed by atoms with van der Waals surface area (Å²) in [6.07, 6.45) is 1.03. The zero-order valence-electron chi connectivity index (χ0n) is 11.1. The van der Waals surface area contributed by atoms with Crippen LogP contribution in [0.3, 0.4) is 0 Å². The Kier molecular flexibility index (Phi) is 3.12. The second kappa shape index (κ2) is 4.79. The van der Waals surface area contributed by atoms with E-state index in [0.717, 1.165) is 42.6 Å². The third-order valence-electron chi connectivity index (χ3n) is 3.69. The molecule has 0 spiro atoms. The standard InChI is InChI=1S/C15H18N2O2/c1-10-2-3-13-11(7-15(18)19-14(13)6-10)8-17-5-4-12(16)9-17/h2-3,6-7,12H,4-5,8-9,16H2,1H3. The fourth-order valence-corrected chi connectivity index (χ4v) is 2.72. The van der Waals surface area contributed by atoms with Gasteiger partial charge in [0.1, 0.15) is 5.58 Å². The fourth-order valence-electron chi connectivity index (χ4n) is 2.72. The normalized spacial score (nSPS) is 20.2. The Hall–Kier alpha value is -1.65. The van der Waals surface area contributed by atoms with Gasteiger partial charge < -0.3 is 10.2 Å². The first-order valence-corrected chi connectivity index (χ1v) is 6.63. The topological polar surface area (TPSA) is 59.5 Å². The maximum absolute atomic E-state index is 11.6. The largest absolute Gasteiger partial charge is 0.423 e. The van der Waals surface area contributed by atoms with E-state index in [9.17, 15) is 4.79 Å². The smallest absolute Gasteiger partial charge is 0.336 e. The Morgan fingerprint density at radius 2 is 2.26 bits per heavy atom. The van der Waals surface area contributed by atoms with Gasteiger partial charge in [-0.25, -0.2) is 4.79 Å². The van der Waals surface area contributed by atoms with E-state index in [4.69, 9.17) is 10.2 Å². The molecule has 1 aromatic carbocycles. The molecule has 19 heavy (non-hydrogen) atoms. The summed E-state index contributed by atoms with van der Waals surface area (Å²) < 4.78 is 5.27. The van der Waals surface area contributed by atoms with Crippen molar-refractivity contribution in [1.29, 1.82) is 0 Å². The molecular formula is C15H18N2O2. The Balaban J connectivity index is 2.00. The highest BCUT2D eigenvalue weighted by Gasteiger charge is 2.20. The van der Waals surface area contributed by atoms with Crippen molar-refractivity contribution in [3.8, 4) is 0 Å². The molecule has 1 aliphatic rings.